The van der Waals surface area contributed by atoms with Crippen molar-refractivity contribution in [2.75, 3.05) is 20.1 Å². The van der Waals surface area contributed by atoms with Gasteiger partial charge in [0.1, 0.15) is 0 Å². The van der Waals surface area contributed by atoms with Crippen LogP contribution in [0.4, 0.5) is 0 Å². The zero-order valence-corrected chi connectivity index (χ0v) is 15.0. The second-order valence-corrected chi connectivity index (χ2v) is 6.68. The number of rotatable bonds is 7. The normalized spacial score (nSPS) is 11.5. The Labute approximate surface area is 143 Å². The Morgan fingerprint density at radius 3 is 2.43 bits per heavy atom. The standard InChI is InChI=1S/C18H26N4S/c1-4-16-13-22-17(23-16)10-12-21-18(19-3)20-11-9-15-7-5-14(2)6-8-15/h5-8,13H,4,9-12H2,1-3H3,(H2,19,20,21). The molecule has 2 N–H and O–H groups in total. The number of hydrogen-bond donors (Lipinski definition) is 2. The number of thiazole rings is 1. The van der Waals surface area contributed by atoms with Crippen molar-refractivity contribution < 1.29 is 0 Å². The Hall–Kier alpha value is -1.88. The number of aryl methyl sites for hydroxylation is 2. The fourth-order valence-corrected chi connectivity index (χ4v) is 3.08. The summed E-state index contributed by atoms with van der Waals surface area (Å²) in [5.41, 5.74) is 2.64. The van der Waals surface area contributed by atoms with Crippen molar-refractivity contribution in [3.05, 3.63) is 51.5 Å². The maximum absolute atomic E-state index is 4.44. The van der Waals surface area contributed by atoms with E-state index in [4.69, 9.17) is 0 Å². The number of hydrogen-bond acceptors (Lipinski definition) is 3. The molecule has 2 rings (SSSR count). The number of nitrogens with one attached hydrogen (secondary N) is 2. The van der Waals surface area contributed by atoms with Gasteiger partial charge in [-0.3, -0.25) is 4.99 Å². The highest BCUT2D eigenvalue weighted by molar-refractivity contribution is 7.11. The topological polar surface area (TPSA) is 49.3 Å². The van der Waals surface area contributed by atoms with Crippen molar-refractivity contribution in [1.29, 1.82) is 0 Å². The second-order valence-electron chi connectivity index (χ2n) is 5.49. The molecule has 0 saturated carbocycles. The molecule has 0 aliphatic heterocycles. The zero-order chi connectivity index (χ0) is 16.5. The van der Waals surface area contributed by atoms with Crippen LogP contribution in [0.25, 0.3) is 0 Å². The molecule has 0 saturated heterocycles. The Kier molecular flexibility index (Phi) is 7.07. The maximum atomic E-state index is 4.44. The first-order valence-electron chi connectivity index (χ1n) is 8.15. The predicted molar refractivity (Wildman–Crippen MR) is 99.4 cm³/mol. The van der Waals surface area contributed by atoms with Gasteiger partial charge >= 0.3 is 0 Å². The maximum Gasteiger partial charge on any atom is 0.191 e. The molecule has 2 aromatic rings. The molecule has 124 valence electrons. The van der Waals surface area contributed by atoms with E-state index >= 15 is 0 Å². The molecule has 0 spiro atoms. The summed E-state index contributed by atoms with van der Waals surface area (Å²) in [6.07, 6.45) is 4.97. The molecule has 0 aliphatic carbocycles. The van der Waals surface area contributed by atoms with Gasteiger partial charge in [-0.25, -0.2) is 4.98 Å². The van der Waals surface area contributed by atoms with Crippen LogP contribution < -0.4 is 10.6 Å². The van der Waals surface area contributed by atoms with E-state index < -0.39 is 0 Å². The summed E-state index contributed by atoms with van der Waals surface area (Å²) >= 11 is 1.80. The molecule has 0 aliphatic rings. The lowest BCUT2D eigenvalue weighted by Gasteiger charge is -2.11. The molecule has 0 unspecified atom stereocenters. The minimum absolute atomic E-state index is 0.848. The van der Waals surface area contributed by atoms with Gasteiger partial charge in [0.05, 0.1) is 5.01 Å². The predicted octanol–water partition coefficient (Wildman–Crippen LogP) is 2.96. The highest BCUT2D eigenvalue weighted by Gasteiger charge is 2.02. The molecule has 1 aromatic heterocycles. The van der Waals surface area contributed by atoms with Crippen molar-refractivity contribution in [3.8, 4) is 0 Å². The third-order valence-corrected chi connectivity index (χ3v) is 4.83. The lowest BCUT2D eigenvalue weighted by Crippen LogP contribution is -2.39. The second kappa shape index (κ2) is 9.30. The molecular weight excluding hydrogens is 304 g/mol. The summed E-state index contributed by atoms with van der Waals surface area (Å²) in [5, 5.41) is 7.89. The quantitative estimate of drug-likeness (QED) is 0.606. The molecule has 0 atom stereocenters. The van der Waals surface area contributed by atoms with Gasteiger partial charge < -0.3 is 10.6 Å². The Balaban J connectivity index is 1.67. The van der Waals surface area contributed by atoms with Crippen molar-refractivity contribution in [2.24, 2.45) is 4.99 Å². The summed E-state index contributed by atoms with van der Waals surface area (Å²) in [7, 11) is 1.81. The number of guanidine groups is 1. The average molecular weight is 331 g/mol. The summed E-state index contributed by atoms with van der Waals surface area (Å²) < 4.78 is 0. The molecule has 0 amide bonds. The Morgan fingerprint density at radius 1 is 1.13 bits per heavy atom. The van der Waals surface area contributed by atoms with E-state index in [-0.39, 0.29) is 0 Å². The number of nitrogens with zero attached hydrogens (tertiary/aromatic N) is 2. The molecule has 5 heteroatoms. The van der Waals surface area contributed by atoms with Crippen LogP contribution in [0.3, 0.4) is 0 Å². The van der Waals surface area contributed by atoms with Crippen LogP contribution >= 0.6 is 11.3 Å². The third-order valence-electron chi connectivity index (χ3n) is 3.63. The molecule has 0 radical (unpaired) electrons. The van der Waals surface area contributed by atoms with Crippen molar-refractivity contribution in [1.82, 2.24) is 15.6 Å². The van der Waals surface area contributed by atoms with Crippen LogP contribution in [-0.2, 0) is 19.3 Å². The van der Waals surface area contributed by atoms with Gasteiger partial charge in [-0.1, -0.05) is 36.8 Å². The van der Waals surface area contributed by atoms with Crippen molar-refractivity contribution in [2.45, 2.75) is 33.1 Å². The molecule has 0 fully saturated rings. The monoisotopic (exact) mass is 330 g/mol. The summed E-state index contributed by atoms with van der Waals surface area (Å²) in [6, 6.07) is 8.67. The lowest BCUT2D eigenvalue weighted by atomic mass is 10.1. The number of aliphatic imine (C=N–C) groups is 1. The van der Waals surface area contributed by atoms with E-state index in [1.165, 1.54) is 21.0 Å². The fourth-order valence-electron chi connectivity index (χ4n) is 2.22. The number of benzene rings is 1. The van der Waals surface area contributed by atoms with Crippen LogP contribution in [0.5, 0.6) is 0 Å². The molecule has 0 bridgehead atoms. The average Bonchev–Trinajstić information content (AvgIpc) is 3.03. The fraction of sp³-hybridized carbons (Fsp3) is 0.444. The zero-order valence-electron chi connectivity index (χ0n) is 14.2. The van der Waals surface area contributed by atoms with Crippen LogP contribution in [0.2, 0.25) is 0 Å². The SMILES string of the molecule is CCc1cnc(CCNC(=NC)NCCc2ccc(C)cc2)s1. The summed E-state index contributed by atoms with van der Waals surface area (Å²) in [6.45, 7) is 6.00. The first-order valence-corrected chi connectivity index (χ1v) is 8.96. The summed E-state index contributed by atoms with van der Waals surface area (Å²) in [5.74, 6) is 0.851. The molecule has 1 heterocycles. The van der Waals surface area contributed by atoms with Gasteiger partial charge in [-0.2, -0.15) is 0 Å². The Bertz CT molecular complexity index is 616. The van der Waals surface area contributed by atoms with Crippen LogP contribution in [0.15, 0.2) is 35.5 Å². The van der Waals surface area contributed by atoms with Crippen molar-refractivity contribution in [3.63, 3.8) is 0 Å². The van der Waals surface area contributed by atoms with Crippen LogP contribution in [0, 0.1) is 6.92 Å². The first kappa shape index (κ1) is 17.5. The highest BCUT2D eigenvalue weighted by Crippen LogP contribution is 2.13. The smallest absolute Gasteiger partial charge is 0.191 e. The Morgan fingerprint density at radius 2 is 1.83 bits per heavy atom. The van der Waals surface area contributed by atoms with E-state index in [9.17, 15) is 0 Å². The minimum Gasteiger partial charge on any atom is -0.356 e. The first-order chi connectivity index (χ1) is 11.2. The van der Waals surface area contributed by atoms with Gasteiger partial charge in [0, 0.05) is 37.6 Å². The molecule has 23 heavy (non-hydrogen) atoms. The molecular formula is C18H26N4S. The van der Waals surface area contributed by atoms with Crippen LogP contribution in [0.1, 0.15) is 27.9 Å². The minimum atomic E-state index is 0.848. The van der Waals surface area contributed by atoms with E-state index in [0.717, 1.165) is 38.3 Å². The summed E-state index contributed by atoms with van der Waals surface area (Å²) in [4.78, 5) is 10.0. The largest absolute Gasteiger partial charge is 0.356 e. The van der Waals surface area contributed by atoms with Gasteiger partial charge in [-0.05, 0) is 25.3 Å². The van der Waals surface area contributed by atoms with Gasteiger partial charge in [-0.15, -0.1) is 11.3 Å². The van der Waals surface area contributed by atoms with E-state index in [2.05, 4.69) is 58.7 Å². The van der Waals surface area contributed by atoms with E-state index in [0.29, 0.717) is 0 Å². The van der Waals surface area contributed by atoms with E-state index in [1.54, 1.807) is 18.4 Å². The van der Waals surface area contributed by atoms with Gasteiger partial charge in [0.25, 0.3) is 0 Å². The van der Waals surface area contributed by atoms with Crippen molar-refractivity contribution >= 4 is 17.3 Å². The molecule has 1 aromatic carbocycles. The third kappa shape index (κ3) is 6.02. The van der Waals surface area contributed by atoms with Gasteiger partial charge in [0.15, 0.2) is 5.96 Å². The lowest BCUT2D eigenvalue weighted by molar-refractivity contribution is 0.782. The highest BCUT2D eigenvalue weighted by atomic mass is 32.1. The van der Waals surface area contributed by atoms with E-state index in [1.807, 2.05) is 6.20 Å². The number of aromatic nitrogens is 1. The van der Waals surface area contributed by atoms with Gasteiger partial charge in [0.2, 0.25) is 0 Å². The van der Waals surface area contributed by atoms with Crippen LogP contribution in [-0.4, -0.2) is 31.1 Å². The molecule has 4 nitrogen and oxygen atoms in total.